The van der Waals surface area contributed by atoms with E-state index in [4.69, 9.17) is 15.0 Å². The molecule has 3 rings (SSSR count). The first kappa shape index (κ1) is 23.9. The van der Waals surface area contributed by atoms with Crippen LogP contribution in [-0.4, -0.2) is 64.5 Å². The molecule has 0 radical (unpaired) electrons. The molecule has 1 fully saturated rings. The Balaban J connectivity index is 1.85. The van der Waals surface area contributed by atoms with E-state index < -0.39 is 49.1 Å². The minimum atomic E-state index is -4.33. The van der Waals surface area contributed by atoms with E-state index in [-0.39, 0.29) is 36.2 Å². The molecule has 7 atom stereocenters. The highest BCUT2D eigenvalue weighted by Crippen LogP contribution is 2.53. The Bertz CT molecular complexity index is 1040. The predicted octanol–water partition coefficient (Wildman–Crippen LogP) is 0.415. The zero-order valence-electron chi connectivity index (χ0n) is 17.5. The normalized spacial score (nSPS) is 29.0. The number of aromatic nitrogens is 3. The van der Waals surface area contributed by atoms with Crippen molar-refractivity contribution in [3.63, 3.8) is 0 Å². The fourth-order valence-electron chi connectivity index (χ4n) is 3.67. The summed E-state index contributed by atoms with van der Waals surface area (Å²) in [7, 11) is -4.33. The highest BCUT2D eigenvalue weighted by Gasteiger charge is 2.48. The quantitative estimate of drug-likeness (QED) is 0.301. The largest absolute Gasteiger partial charge is 0.388 e. The van der Waals surface area contributed by atoms with E-state index in [1.807, 2.05) is 0 Å². The van der Waals surface area contributed by atoms with E-state index in [0.717, 1.165) is 0 Å². The SMILES string of the molecule is CCC(O)P(=O)(O)OC(C)(CC)C[C@H]1O[C@@H](n2ccc3c(=O)[nH]c(N)nc32)[C@H](O)[C@@H]1O. The number of nitrogens with two attached hydrogens (primary N) is 1. The van der Waals surface area contributed by atoms with Crippen LogP contribution in [0.4, 0.5) is 5.95 Å². The molecule has 12 nitrogen and oxygen atoms in total. The number of H-pyrrole nitrogens is 1. The lowest BCUT2D eigenvalue weighted by Crippen LogP contribution is -2.39. The number of nitrogens with zero attached hydrogens (tertiary/aromatic N) is 2. The summed E-state index contributed by atoms with van der Waals surface area (Å²) < 4.78 is 25.1. The van der Waals surface area contributed by atoms with Gasteiger partial charge in [-0.25, -0.2) is 0 Å². The molecular weight excluding hydrogens is 431 g/mol. The van der Waals surface area contributed by atoms with Crippen LogP contribution < -0.4 is 11.3 Å². The van der Waals surface area contributed by atoms with E-state index in [1.54, 1.807) is 20.8 Å². The van der Waals surface area contributed by atoms with Gasteiger partial charge in [0.1, 0.15) is 12.2 Å². The minimum Gasteiger partial charge on any atom is -0.388 e. The first-order valence-corrected chi connectivity index (χ1v) is 11.7. The first-order valence-electron chi connectivity index (χ1n) is 10.0. The summed E-state index contributed by atoms with van der Waals surface area (Å²) in [5, 5.41) is 31.2. The van der Waals surface area contributed by atoms with E-state index in [2.05, 4.69) is 9.97 Å². The van der Waals surface area contributed by atoms with Gasteiger partial charge in [0.2, 0.25) is 5.95 Å². The third-order valence-electron chi connectivity index (χ3n) is 5.69. The fraction of sp³-hybridized carbons (Fsp3) is 0.667. The number of aliphatic hydroxyl groups excluding tert-OH is 3. The molecule has 31 heavy (non-hydrogen) atoms. The number of anilines is 1. The van der Waals surface area contributed by atoms with Crippen molar-refractivity contribution >= 4 is 24.6 Å². The maximum atomic E-state index is 12.4. The molecule has 13 heteroatoms. The van der Waals surface area contributed by atoms with Crippen LogP contribution in [0.3, 0.4) is 0 Å². The molecule has 2 aromatic heterocycles. The summed E-state index contributed by atoms with van der Waals surface area (Å²) in [6.07, 6.45) is -2.97. The van der Waals surface area contributed by atoms with Gasteiger partial charge >= 0.3 is 7.60 Å². The van der Waals surface area contributed by atoms with Gasteiger partial charge in [-0.2, -0.15) is 4.98 Å². The van der Waals surface area contributed by atoms with Crippen molar-refractivity contribution in [1.82, 2.24) is 14.5 Å². The molecule has 1 aliphatic heterocycles. The van der Waals surface area contributed by atoms with E-state index in [1.165, 1.54) is 16.8 Å². The number of aliphatic hydroxyl groups is 3. The van der Waals surface area contributed by atoms with Crippen LogP contribution in [0.15, 0.2) is 17.1 Å². The molecule has 3 heterocycles. The van der Waals surface area contributed by atoms with Crippen molar-refractivity contribution in [2.45, 2.75) is 76.0 Å². The van der Waals surface area contributed by atoms with Gasteiger partial charge in [0, 0.05) is 12.6 Å². The average Bonchev–Trinajstić information content (AvgIpc) is 3.23. The smallest absolute Gasteiger partial charge is 0.356 e. The van der Waals surface area contributed by atoms with Crippen LogP contribution in [0.25, 0.3) is 11.0 Å². The predicted molar refractivity (Wildman–Crippen MR) is 111 cm³/mol. The summed E-state index contributed by atoms with van der Waals surface area (Å²) in [4.78, 5) is 28.6. The van der Waals surface area contributed by atoms with Crippen molar-refractivity contribution in [2.24, 2.45) is 0 Å². The Morgan fingerprint density at radius 1 is 1.42 bits per heavy atom. The van der Waals surface area contributed by atoms with Crippen LogP contribution >= 0.6 is 7.60 Å². The number of nitrogens with one attached hydrogen (secondary N) is 1. The van der Waals surface area contributed by atoms with E-state index in [9.17, 15) is 29.6 Å². The van der Waals surface area contributed by atoms with Crippen molar-refractivity contribution in [3.05, 3.63) is 22.6 Å². The monoisotopic (exact) mass is 460 g/mol. The summed E-state index contributed by atoms with van der Waals surface area (Å²) in [6.45, 7) is 4.85. The van der Waals surface area contributed by atoms with Gasteiger partial charge in [-0.15, -0.1) is 0 Å². The third-order valence-corrected chi connectivity index (χ3v) is 7.51. The Kier molecular flexibility index (Phi) is 6.64. The number of rotatable bonds is 8. The fourth-order valence-corrected chi connectivity index (χ4v) is 5.09. The number of fused-ring (bicyclic) bond motifs is 1. The Morgan fingerprint density at radius 3 is 2.71 bits per heavy atom. The highest BCUT2D eigenvalue weighted by atomic mass is 31.2. The molecule has 0 aromatic carbocycles. The van der Waals surface area contributed by atoms with Gasteiger partial charge in [0.15, 0.2) is 17.7 Å². The molecule has 0 bridgehead atoms. The van der Waals surface area contributed by atoms with Crippen LogP contribution in [0.1, 0.15) is 46.3 Å². The standard InChI is InChI=1S/C18H29N4O8P/c1-4-11(23)31(27,28)30-18(3,5-2)8-10-12(24)13(25)16(29-10)22-7-6-9-14(22)20-17(19)21-15(9)26/h6-7,10-13,16,23-25H,4-5,8H2,1-3H3,(H,27,28)(H3,19,20,21,26)/t10-,11?,12-,13-,16-,18?/m1/s1. The van der Waals surface area contributed by atoms with Gasteiger partial charge in [-0.05, 0) is 25.8 Å². The van der Waals surface area contributed by atoms with Crippen molar-refractivity contribution in [3.8, 4) is 0 Å². The topological polar surface area (TPSA) is 193 Å². The van der Waals surface area contributed by atoms with E-state index >= 15 is 0 Å². The summed E-state index contributed by atoms with van der Waals surface area (Å²) >= 11 is 0. The van der Waals surface area contributed by atoms with Crippen LogP contribution in [0.5, 0.6) is 0 Å². The maximum absolute atomic E-state index is 12.4. The van der Waals surface area contributed by atoms with Crippen molar-refractivity contribution < 1.29 is 34.0 Å². The first-order chi connectivity index (χ1) is 14.4. The van der Waals surface area contributed by atoms with Gasteiger partial charge < -0.3 is 39.8 Å². The summed E-state index contributed by atoms with van der Waals surface area (Å²) in [6, 6.07) is 1.49. The molecule has 7 N–H and O–H groups in total. The van der Waals surface area contributed by atoms with Crippen LogP contribution in [0, 0.1) is 0 Å². The number of aromatic amines is 1. The third kappa shape index (κ3) is 4.56. The Morgan fingerprint density at radius 2 is 2.10 bits per heavy atom. The number of ether oxygens (including phenoxy) is 1. The second-order valence-electron chi connectivity index (χ2n) is 8.01. The summed E-state index contributed by atoms with van der Waals surface area (Å²) in [5.74, 6) is -1.64. The second-order valence-corrected chi connectivity index (χ2v) is 9.92. The molecule has 0 aliphatic carbocycles. The highest BCUT2D eigenvalue weighted by molar-refractivity contribution is 7.53. The lowest BCUT2D eigenvalue weighted by Gasteiger charge is -2.34. The van der Waals surface area contributed by atoms with Gasteiger partial charge in [0.25, 0.3) is 5.56 Å². The van der Waals surface area contributed by atoms with Crippen LogP contribution in [0.2, 0.25) is 0 Å². The maximum Gasteiger partial charge on any atom is 0.356 e. The second kappa shape index (κ2) is 8.62. The zero-order valence-corrected chi connectivity index (χ0v) is 18.4. The Hall–Kier alpha value is -1.79. The van der Waals surface area contributed by atoms with Crippen molar-refractivity contribution in [2.75, 3.05) is 5.73 Å². The van der Waals surface area contributed by atoms with E-state index in [0.29, 0.717) is 0 Å². The molecule has 1 saturated heterocycles. The minimum absolute atomic E-state index is 0.0332. The number of nitrogen functional groups attached to an aromatic ring is 1. The Labute approximate surface area is 178 Å². The molecule has 2 aromatic rings. The zero-order chi connectivity index (χ0) is 23.1. The molecule has 1 aliphatic rings. The van der Waals surface area contributed by atoms with Gasteiger partial charge in [-0.3, -0.25) is 14.3 Å². The molecule has 174 valence electrons. The lowest BCUT2D eigenvalue weighted by atomic mass is 9.93. The summed E-state index contributed by atoms with van der Waals surface area (Å²) in [5.41, 5.74) is 4.12. The number of hydrogen-bond donors (Lipinski definition) is 6. The van der Waals surface area contributed by atoms with Crippen molar-refractivity contribution in [1.29, 1.82) is 0 Å². The van der Waals surface area contributed by atoms with Gasteiger partial charge in [0.05, 0.1) is 17.1 Å². The molecule has 0 spiro atoms. The molecule has 3 unspecified atom stereocenters. The lowest BCUT2D eigenvalue weighted by molar-refractivity contribution is -0.0666. The van der Waals surface area contributed by atoms with Crippen LogP contribution in [-0.2, 0) is 13.8 Å². The molecule has 0 saturated carbocycles. The average molecular weight is 460 g/mol. The number of hydrogen-bond acceptors (Lipinski definition) is 9. The molecule has 0 amide bonds. The van der Waals surface area contributed by atoms with Gasteiger partial charge in [-0.1, -0.05) is 13.8 Å². The molecular formula is C18H29N4O8P.